The molecule has 0 aliphatic heterocycles. The molecule has 0 saturated carbocycles. The molecule has 21 heavy (non-hydrogen) atoms. The van der Waals surface area contributed by atoms with E-state index < -0.39 is 0 Å². The molecule has 0 fully saturated rings. The molecule has 4 heteroatoms. The summed E-state index contributed by atoms with van der Waals surface area (Å²) in [4.78, 5) is 17.6. The monoisotopic (exact) mass is 296 g/mol. The average Bonchev–Trinajstić information content (AvgIpc) is 2.94. The minimum absolute atomic E-state index is 0.0731. The van der Waals surface area contributed by atoms with E-state index >= 15 is 0 Å². The van der Waals surface area contributed by atoms with Crippen molar-refractivity contribution in [1.29, 1.82) is 0 Å². The van der Waals surface area contributed by atoms with Crippen LogP contribution in [-0.4, -0.2) is 10.9 Å². The number of carbonyl (C=O) groups excluding carboxylic acids is 1. The van der Waals surface area contributed by atoms with Crippen molar-refractivity contribution in [2.45, 2.75) is 20.8 Å². The second-order valence-corrected chi connectivity index (χ2v) is 6.17. The van der Waals surface area contributed by atoms with Gasteiger partial charge in [-0.25, -0.2) is 0 Å². The molecule has 1 amide bonds. The number of hydrogen-bond donors (Lipinski definition) is 1. The molecule has 3 aromatic rings. The Hall–Kier alpha value is -2.20. The van der Waals surface area contributed by atoms with Gasteiger partial charge in [0, 0.05) is 11.1 Å². The first-order valence-electron chi connectivity index (χ1n) is 6.78. The average molecular weight is 296 g/mol. The first-order valence-corrected chi connectivity index (χ1v) is 7.66. The number of nitrogens with zero attached hydrogens (tertiary/aromatic N) is 1. The molecule has 0 aliphatic rings. The summed E-state index contributed by atoms with van der Waals surface area (Å²) in [6, 6.07) is 9.81. The fourth-order valence-corrected chi connectivity index (χ4v) is 3.12. The summed E-state index contributed by atoms with van der Waals surface area (Å²) in [5.41, 5.74) is 4.96. The maximum atomic E-state index is 12.3. The van der Waals surface area contributed by atoms with Gasteiger partial charge in [0.1, 0.15) is 0 Å². The van der Waals surface area contributed by atoms with Gasteiger partial charge < -0.3 is 5.32 Å². The van der Waals surface area contributed by atoms with Crippen molar-refractivity contribution in [3.63, 3.8) is 0 Å². The number of amides is 1. The highest BCUT2D eigenvalue weighted by Gasteiger charge is 2.12. The van der Waals surface area contributed by atoms with Crippen LogP contribution in [0.5, 0.6) is 0 Å². The van der Waals surface area contributed by atoms with E-state index in [9.17, 15) is 4.79 Å². The molecule has 0 bridgehead atoms. The molecule has 1 N–H and O–H groups in total. The minimum atomic E-state index is -0.0731. The zero-order valence-corrected chi connectivity index (χ0v) is 13.0. The van der Waals surface area contributed by atoms with Gasteiger partial charge in [-0.05, 0) is 49.9 Å². The summed E-state index contributed by atoms with van der Waals surface area (Å²) >= 11 is 1.44. The van der Waals surface area contributed by atoms with Crippen molar-refractivity contribution in [2.75, 3.05) is 5.32 Å². The Kier molecular flexibility index (Phi) is 3.47. The molecule has 2 aromatic heterocycles. The maximum Gasteiger partial charge on any atom is 0.265 e. The van der Waals surface area contributed by atoms with Crippen molar-refractivity contribution in [3.8, 4) is 0 Å². The van der Waals surface area contributed by atoms with E-state index in [4.69, 9.17) is 0 Å². The normalized spacial score (nSPS) is 10.8. The smallest absolute Gasteiger partial charge is 0.265 e. The molecule has 0 saturated heterocycles. The summed E-state index contributed by atoms with van der Waals surface area (Å²) < 4.78 is 0. The number of benzene rings is 1. The Balaban J connectivity index is 2.11. The van der Waals surface area contributed by atoms with Crippen molar-refractivity contribution >= 4 is 33.8 Å². The highest BCUT2D eigenvalue weighted by Crippen LogP contribution is 2.27. The van der Waals surface area contributed by atoms with Gasteiger partial charge >= 0.3 is 0 Å². The van der Waals surface area contributed by atoms with E-state index in [1.807, 2.05) is 37.4 Å². The van der Waals surface area contributed by atoms with Gasteiger partial charge in [0.2, 0.25) is 0 Å². The Labute approximate surface area is 127 Å². The van der Waals surface area contributed by atoms with E-state index in [0.717, 1.165) is 33.4 Å². The molecule has 106 valence electrons. The Morgan fingerprint density at radius 3 is 2.71 bits per heavy atom. The maximum absolute atomic E-state index is 12.3. The zero-order chi connectivity index (χ0) is 15.0. The standard InChI is InChI=1S/C17H16N2OS/c1-10-7-11(2)16-13(8-10)14(9-12(3)18-16)19-17(20)15-5-4-6-21-15/h4-9H,1-3H3,(H,18,19,20). The fourth-order valence-electron chi connectivity index (χ4n) is 2.50. The predicted molar refractivity (Wildman–Crippen MR) is 88.2 cm³/mol. The van der Waals surface area contributed by atoms with Gasteiger partial charge in [-0.1, -0.05) is 17.7 Å². The number of nitrogens with one attached hydrogen (secondary N) is 1. The zero-order valence-electron chi connectivity index (χ0n) is 12.2. The topological polar surface area (TPSA) is 42.0 Å². The van der Waals surface area contributed by atoms with Gasteiger partial charge in [-0.2, -0.15) is 0 Å². The van der Waals surface area contributed by atoms with Crippen molar-refractivity contribution in [3.05, 3.63) is 57.4 Å². The van der Waals surface area contributed by atoms with Crippen LogP contribution in [0.1, 0.15) is 26.5 Å². The number of anilines is 1. The van der Waals surface area contributed by atoms with Crippen LogP contribution in [0.15, 0.2) is 35.7 Å². The molecule has 1 aromatic carbocycles. The van der Waals surface area contributed by atoms with Crippen molar-refractivity contribution in [2.24, 2.45) is 0 Å². The summed E-state index contributed by atoms with van der Waals surface area (Å²) in [5.74, 6) is -0.0731. The number of fused-ring (bicyclic) bond motifs is 1. The van der Waals surface area contributed by atoms with Gasteiger partial charge in [0.15, 0.2) is 0 Å². The lowest BCUT2D eigenvalue weighted by molar-refractivity contribution is 0.103. The van der Waals surface area contributed by atoms with Gasteiger partial charge in [-0.3, -0.25) is 9.78 Å². The first-order chi connectivity index (χ1) is 10.0. The van der Waals surface area contributed by atoms with Crippen LogP contribution in [-0.2, 0) is 0 Å². The third kappa shape index (κ3) is 2.67. The molecule has 2 heterocycles. The third-order valence-corrected chi connectivity index (χ3v) is 4.24. The summed E-state index contributed by atoms with van der Waals surface area (Å²) in [5, 5.41) is 5.90. The third-order valence-electron chi connectivity index (χ3n) is 3.37. The SMILES string of the molecule is Cc1cc(C)c2nc(C)cc(NC(=O)c3cccs3)c2c1. The Morgan fingerprint density at radius 2 is 2.00 bits per heavy atom. The van der Waals surface area contributed by atoms with E-state index in [1.165, 1.54) is 11.3 Å². The molecule has 0 aliphatic carbocycles. The molecular weight excluding hydrogens is 280 g/mol. The van der Waals surface area contributed by atoms with Crippen LogP contribution in [0.2, 0.25) is 0 Å². The summed E-state index contributed by atoms with van der Waals surface area (Å²) in [6.45, 7) is 6.04. The first kappa shape index (κ1) is 13.8. The van der Waals surface area contributed by atoms with Gasteiger partial charge in [0.05, 0.1) is 16.1 Å². The Bertz CT molecular complexity index is 822. The highest BCUT2D eigenvalue weighted by molar-refractivity contribution is 7.12. The molecule has 0 radical (unpaired) electrons. The molecule has 3 nitrogen and oxygen atoms in total. The van der Waals surface area contributed by atoms with Crippen LogP contribution in [0.4, 0.5) is 5.69 Å². The van der Waals surface area contributed by atoms with Crippen LogP contribution >= 0.6 is 11.3 Å². The van der Waals surface area contributed by atoms with E-state index in [1.54, 1.807) is 0 Å². The Morgan fingerprint density at radius 1 is 1.19 bits per heavy atom. The van der Waals surface area contributed by atoms with Crippen LogP contribution in [0.25, 0.3) is 10.9 Å². The quantitative estimate of drug-likeness (QED) is 0.758. The number of aryl methyl sites for hydroxylation is 3. The summed E-state index contributed by atoms with van der Waals surface area (Å²) in [7, 11) is 0. The number of aromatic nitrogens is 1. The molecule has 0 unspecified atom stereocenters. The molecule has 0 spiro atoms. The van der Waals surface area contributed by atoms with E-state index in [0.29, 0.717) is 4.88 Å². The highest BCUT2D eigenvalue weighted by atomic mass is 32.1. The van der Waals surface area contributed by atoms with E-state index in [-0.39, 0.29) is 5.91 Å². The molecule has 0 atom stereocenters. The van der Waals surface area contributed by atoms with Crippen LogP contribution < -0.4 is 5.32 Å². The second-order valence-electron chi connectivity index (χ2n) is 5.22. The second kappa shape index (κ2) is 5.30. The largest absolute Gasteiger partial charge is 0.321 e. The summed E-state index contributed by atoms with van der Waals surface area (Å²) in [6.07, 6.45) is 0. The predicted octanol–water partition coefficient (Wildman–Crippen LogP) is 4.47. The van der Waals surface area contributed by atoms with Crippen LogP contribution in [0.3, 0.4) is 0 Å². The number of hydrogen-bond acceptors (Lipinski definition) is 3. The number of thiophene rings is 1. The van der Waals surface area contributed by atoms with Gasteiger partial charge in [0.25, 0.3) is 5.91 Å². The number of pyridine rings is 1. The van der Waals surface area contributed by atoms with E-state index in [2.05, 4.69) is 29.4 Å². The van der Waals surface area contributed by atoms with Crippen molar-refractivity contribution < 1.29 is 4.79 Å². The van der Waals surface area contributed by atoms with Crippen LogP contribution in [0, 0.1) is 20.8 Å². The molecule has 3 rings (SSSR count). The minimum Gasteiger partial charge on any atom is -0.321 e. The lowest BCUT2D eigenvalue weighted by Crippen LogP contribution is -2.11. The molecular formula is C17H16N2OS. The fraction of sp³-hybridized carbons (Fsp3) is 0.176. The number of rotatable bonds is 2. The van der Waals surface area contributed by atoms with Gasteiger partial charge in [-0.15, -0.1) is 11.3 Å². The lowest BCUT2D eigenvalue weighted by Gasteiger charge is -2.11. The number of carbonyl (C=O) groups is 1. The lowest BCUT2D eigenvalue weighted by atomic mass is 10.0. The van der Waals surface area contributed by atoms with Crippen molar-refractivity contribution in [1.82, 2.24) is 4.98 Å².